The molecule has 0 aliphatic rings. The summed E-state index contributed by atoms with van der Waals surface area (Å²) in [5.74, 6) is -0.439. The van der Waals surface area contributed by atoms with E-state index in [9.17, 15) is 13.2 Å². The second-order valence-electron chi connectivity index (χ2n) is 6.24. The van der Waals surface area contributed by atoms with Gasteiger partial charge < -0.3 is 5.32 Å². The van der Waals surface area contributed by atoms with E-state index in [2.05, 4.69) is 21.2 Å². The van der Waals surface area contributed by atoms with Crippen LogP contribution in [0.2, 0.25) is 5.02 Å². The zero-order valence-corrected chi connectivity index (χ0v) is 18.4. The van der Waals surface area contributed by atoms with Crippen molar-refractivity contribution in [3.05, 3.63) is 93.9 Å². The SMILES string of the molecule is O=C(CN(Cc1ccc(Cl)cc1)S(=O)(=O)c1ccccc1)Nc1ccccc1Br. The monoisotopic (exact) mass is 492 g/mol. The quantitative estimate of drug-likeness (QED) is 0.507. The summed E-state index contributed by atoms with van der Waals surface area (Å²) in [6.07, 6.45) is 0. The molecule has 0 heterocycles. The van der Waals surface area contributed by atoms with Gasteiger partial charge in [0.2, 0.25) is 15.9 Å². The number of halogens is 2. The van der Waals surface area contributed by atoms with E-state index in [1.54, 1.807) is 60.7 Å². The minimum Gasteiger partial charge on any atom is -0.324 e. The Morgan fingerprint density at radius 3 is 2.21 bits per heavy atom. The number of rotatable bonds is 7. The van der Waals surface area contributed by atoms with Gasteiger partial charge in [-0.05, 0) is 57.9 Å². The Morgan fingerprint density at radius 1 is 0.931 bits per heavy atom. The predicted octanol–water partition coefficient (Wildman–Crippen LogP) is 4.93. The number of hydrogen-bond donors (Lipinski definition) is 1. The van der Waals surface area contributed by atoms with Crippen LogP contribution in [0.5, 0.6) is 0 Å². The Hall–Kier alpha value is -2.19. The first-order valence-electron chi connectivity index (χ1n) is 8.70. The number of nitrogens with zero attached hydrogens (tertiary/aromatic N) is 1. The maximum Gasteiger partial charge on any atom is 0.243 e. The van der Waals surface area contributed by atoms with Crippen LogP contribution in [0.1, 0.15) is 5.56 Å². The number of para-hydroxylation sites is 1. The molecule has 0 saturated carbocycles. The molecule has 3 aromatic rings. The van der Waals surface area contributed by atoms with E-state index in [-0.39, 0.29) is 18.0 Å². The van der Waals surface area contributed by atoms with Crippen molar-refractivity contribution in [1.82, 2.24) is 4.31 Å². The van der Waals surface area contributed by atoms with Crippen LogP contribution in [0.15, 0.2) is 88.2 Å². The smallest absolute Gasteiger partial charge is 0.243 e. The van der Waals surface area contributed by atoms with E-state index in [4.69, 9.17) is 11.6 Å². The molecule has 0 aliphatic carbocycles. The van der Waals surface area contributed by atoms with Gasteiger partial charge in [-0.15, -0.1) is 0 Å². The molecule has 1 N–H and O–H groups in total. The number of hydrogen-bond acceptors (Lipinski definition) is 3. The molecule has 3 rings (SSSR count). The van der Waals surface area contributed by atoms with E-state index in [1.165, 1.54) is 12.1 Å². The normalized spacial score (nSPS) is 11.4. The highest BCUT2D eigenvalue weighted by atomic mass is 79.9. The fraction of sp³-hybridized carbons (Fsp3) is 0.0952. The summed E-state index contributed by atoms with van der Waals surface area (Å²) in [6.45, 7) is -0.293. The fourth-order valence-electron chi connectivity index (χ4n) is 2.67. The van der Waals surface area contributed by atoms with Crippen LogP contribution in [0, 0.1) is 0 Å². The second-order valence-corrected chi connectivity index (χ2v) is 9.47. The van der Waals surface area contributed by atoms with Crippen LogP contribution in [-0.4, -0.2) is 25.2 Å². The molecule has 0 aliphatic heterocycles. The number of benzene rings is 3. The number of carbonyl (C=O) groups is 1. The Morgan fingerprint density at radius 2 is 1.55 bits per heavy atom. The highest BCUT2D eigenvalue weighted by Gasteiger charge is 2.27. The fourth-order valence-corrected chi connectivity index (χ4v) is 4.59. The summed E-state index contributed by atoms with van der Waals surface area (Å²) in [5.41, 5.74) is 1.30. The van der Waals surface area contributed by atoms with Gasteiger partial charge in [0, 0.05) is 16.0 Å². The van der Waals surface area contributed by atoms with Crippen LogP contribution < -0.4 is 5.32 Å². The molecule has 150 valence electrons. The molecule has 0 radical (unpaired) electrons. The number of amides is 1. The molecule has 0 fully saturated rings. The van der Waals surface area contributed by atoms with Gasteiger partial charge >= 0.3 is 0 Å². The van der Waals surface area contributed by atoms with Crippen LogP contribution in [-0.2, 0) is 21.4 Å². The molecule has 1 amide bonds. The van der Waals surface area contributed by atoms with Crippen molar-refractivity contribution in [2.45, 2.75) is 11.4 Å². The van der Waals surface area contributed by atoms with Gasteiger partial charge in [-0.1, -0.05) is 54.1 Å². The van der Waals surface area contributed by atoms with E-state index >= 15 is 0 Å². The number of nitrogens with one attached hydrogen (secondary N) is 1. The van der Waals surface area contributed by atoms with Crippen LogP contribution in [0.4, 0.5) is 5.69 Å². The lowest BCUT2D eigenvalue weighted by atomic mass is 10.2. The first-order valence-corrected chi connectivity index (χ1v) is 11.3. The third-order valence-corrected chi connectivity index (χ3v) is 6.87. The molecule has 8 heteroatoms. The average Bonchev–Trinajstić information content (AvgIpc) is 2.71. The summed E-state index contributed by atoms with van der Waals surface area (Å²) in [5, 5.41) is 3.30. The Kier molecular flexibility index (Phi) is 7.08. The molecule has 29 heavy (non-hydrogen) atoms. The van der Waals surface area contributed by atoms with Crippen molar-refractivity contribution < 1.29 is 13.2 Å². The van der Waals surface area contributed by atoms with E-state index < -0.39 is 15.9 Å². The lowest BCUT2D eigenvalue weighted by Gasteiger charge is -2.22. The van der Waals surface area contributed by atoms with Crippen molar-refractivity contribution in [3.8, 4) is 0 Å². The number of anilines is 1. The summed E-state index contributed by atoms with van der Waals surface area (Å²) in [6, 6.07) is 22.0. The van der Waals surface area contributed by atoms with Gasteiger partial charge in [-0.2, -0.15) is 4.31 Å². The molecule has 0 saturated heterocycles. The van der Waals surface area contributed by atoms with Crippen molar-refractivity contribution in [2.75, 3.05) is 11.9 Å². The van der Waals surface area contributed by atoms with Gasteiger partial charge in [0.25, 0.3) is 0 Å². The largest absolute Gasteiger partial charge is 0.324 e. The van der Waals surface area contributed by atoms with Crippen molar-refractivity contribution in [1.29, 1.82) is 0 Å². The highest BCUT2D eigenvalue weighted by molar-refractivity contribution is 9.10. The van der Waals surface area contributed by atoms with Gasteiger partial charge in [0.1, 0.15) is 0 Å². The lowest BCUT2D eigenvalue weighted by Crippen LogP contribution is -2.37. The van der Waals surface area contributed by atoms with Gasteiger partial charge in [0.15, 0.2) is 0 Å². The average molecular weight is 494 g/mol. The minimum absolute atomic E-state index is 0.0395. The van der Waals surface area contributed by atoms with E-state index in [0.717, 1.165) is 9.87 Å². The third-order valence-electron chi connectivity index (χ3n) is 4.12. The predicted molar refractivity (Wildman–Crippen MR) is 118 cm³/mol. The van der Waals surface area contributed by atoms with Crippen LogP contribution in [0.3, 0.4) is 0 Å². The highest BCUT2D eigenvalue weighted by Crippen LogP contribution is 2.22. The molecular weight excluding hydrogens is 476 g/mol. The molecule has 0 bridgehead atoms. The third kappa shape index (κ3) is 5.67. The van der Waals surface area contributed by atoms with Gasteiger partial charge in [-0.25, -0.2) is 8.42 Å². The van der Waals surface area contributed by atoms with E-state index in [1.807, 2.05) is 6.07 Å². The summed E-state index contributed by atoms with van der Waals surface area (Å²) in [7, 11) is -3.88. The van der Waals surface area contributed by atoms with Gasteiger partial charge in [-0.3, -0.25) is 4.79 Å². The van der Waals surface area contributed by atoms with E-state index in [0.29, 0.717) is 15.2 Å². The first-order chi connectivity index (χ1) is 13.9. The Bertz CT molecular complexity index is 1090. The van der Waals surface area contributed by atoms with Crippen molar-refractivity contribution >= 4 is 49.1 Å². The van der Waals surface area contributed by atoms with Crippen molar-refractivity contribution in [3.63, 3.8) is 0 Å². The molecule has 0 unspecified atom stereocenters. The number of sulfonamides is 1. The molecule has 5 nitrogen and oxygen atoms in total. The molecule has 0 spiro atoms. The molecule has 3 aromatic carbocycles. The molecule has 0 atom stereocenters. The van der Waals surface area contributed by atoms with Crippen molar-refractivity contribution in [2.24, 2.45) is 0 Å². The standard InChI is InChI=1S/C21H18BrClN2O3S/c22-19-8-4-5-9-20(19)24-21(26)15-25(14-16-10-12-17(23)13-11-16)29(27,28)18-6-2-1-3-7-18/h1-13H,14-15H2,(H,24,26). The maximum atomic E-state index is 13.2. The molecule has 0 aromatic heterocycles. The second kappa shape index (κ2) is 9.54. The maximum absolute atomic E-state index is 13.2. The first kappa shape index (κ1) is 21.5. The summed E-state index contributed by atoms with van der Waals surface area (Å²) < 4.78 is 28.2. The topological polar surface area (TPSA) is 66.5 Å². The number of carbonyl (C=O) groups excluding carboxylic acids is 1. The zero-order valence-electron chi connectivity index (χ0n) is 15.3. The Balaban J connectivity index is 1.87. The zero-order chi connectivity index (χ0) is 20.9. The summed E-state index contributed by atoms with van der Waals surface area (Å²) in [4.78, 5) is 12.8. The molecular formula is C21H18BrClN2O3S. The summed E-state index contributed by atoms with van der Waals surface area (Å²) >= 11 is 9.29. The lowest BCUT2D eigenvalue weighted by molar-refractivity contribution is -0.116. The minimum atomic E-state index is -3.88. The van der Waals surface area contributed by atoms with Gasteiger partial charge in [0.05, 0.1) is 17.1 Å². The van der Waals surface area contributed by atoms with Crippen LogP contribution in [0.25, 0.3) is 0 Å². The Labute approximate surface area is 183 Å². The van der Waals surface area contributed by atoms with Crippen LogP contribution >= 0.6 is 27.5 Å².